The highest BCUT2D eigenvalue weighted by Gasteiger charge is 2.19. The lowest BCUT2D eigenvalue weighted by Gasteiger charge is -2.14. The Morgan fingerprint density at radius 1 is 0.875 bits per heavy atom. The minimum atomic E-state index is -0.974. The molecule has 168 valence electrons. The molecule has 10 heteroatoms. The number of hydrogen-bond donors (Lipinski definition) is 4. The van der Waals surface area contributed by atoms with Crippen LogP contribution >= 0.6 is 11.6 Å². The topological polar surface area (TPSA) is 133 Å². The van der Waals surface area contributed by atoms with Crippen molar-refractivity contribution in [1.29, 1.82) is 0 Å². The van der Waals surface area contributed by atoms with E-state index >= 15 is 0 Å². The average Bonchev–Trinajstić information content (AvgIpc) is 2.79. The number of carbonyl (C=O) groups is 5. The molecule has 0 aliphatic rings. The molecule has 2 aromatic rings. The molecule has 0 saturated carbocycles. The van der Waals surface area contributed by atoms with Gasteiger partial charge in [-0.2, -0.15) is 0 Å². The van der Waals surface area contributed by atoms with Crippen LogP contribution in [-0.2, 0) is 25.7 Å². The zero-order valence-corrected chi connectivity index (χ0v) is 18.1. The number of amides is 4. The Morgan fingerprint density at radius 2 is 1.59 bits per heavy atom. The van der Waals surface area contributed by atoms with Crippen LogP contribution in [0.15, 0.2) is 54.6 Å². The monoisotopic (exact) mass is 458 g/mol. The summed E-state index contributed by atoms with van der Waals surface area (Å²) >= 11 is 5.86. The summed E-state index contributed by atoms with van der Waals surface area (Å²) < 4.78 is 0. The number of benzene rings is 2. The van der Waals surface area contributed by atoms with Crippen LogP contribution in [0, 0.1) is 0 Å². The van der Waals surface area contributed by atoms with Crippen molar-refractivity contribution in [2.75, 3.05) is 13.1 Å². The average molecular weight is 459 g/mol. The second-order valence-electron chi connectivity index (χ2n) is 6.79. The molecule has 9 nitrogen and oxygen atoms in total. The van der Waals surface area contributed by atoms with Gasteiger partial charge in [-0.25, -0.2) is 0 Å². The van der Waals surface area contributed by atoms with Crippen molar-refractivity contribution in [3.63, 3.8) is 0 Å². The van der Waals surface area contributed by atoms with Gasteiger partial charge in [-0.15, -0.1) is 0 Å². The quantitative estimate of drug-likeness (QED) is 0.386. The van der Waals surface area contributed by atoms with Crippen molar-refractivity contribution < 1.29 is 24.0 Å². The van der Waals surface area contributed by atoms with Crippen LogP contribution in [0.1, 0.15) is 22.8 Å². The molecule has 0 heterocycles. The van der Waals surface area contributed by atoms with E-state index in [1.165, 1.54) is 6.92 Å². The van der Waals surface area contributed by atoms with Gasteiger partial charge < -0.3 is 21.3 Å². The van der Waals surface area contributed by atoms with E-state index in [4.69, 9.17) is 11.6 Å². The van der Waals surface area contributed by atoms with Gasteiger partial charge in [0.15, 0.2) is 0 Å². The summed E-state index contributed by atoms with van der Waals surface area (Å²) in [5.74, 6) is -3.35. The second kappa shape index (κ2) is 12.2. The van der Waals surface area contributed by atoms with Gasteiger partial charge in [0.1, 0.15) is 6.04 Å². The Kier molecular flexibility index (Phi) is 9.37. The fraction of sp³-hybridized carbons (Fsp3) is 0.227. The molecule has 2 rings (SSSR count). The van der Waals surface area contributed by atoms with E-state index < -0.39 is 42.0 Å². The summed E-state index contributed by atoms with van der Waals surface area (Å²) in [6.45, 7) is 0.678. The summed E-state index contributed by atoms with van der Waals surface area (Å²) in [4.78, 5) is 59.7. The molecule has 32 heavy (non-hydrogen) atoms. The number of carbonyl (C=O) groups excluding carboxylic acids is 5. The third-order valence-corrected chi connectivity index (χ3v) is 4.47. The first-order chi connectivity index (χ1) is 15.3. The van der Waals surface area contributed by atoms with Gasteiger partial charge in [0.2, 0.25) is 17.6 Å². The van der Waals surface area contributed by atoms with Crippen LogP contribution < -0.4 is 21.3 Å². The largest absolute Gasteiger partial charge is 0.347 e. The van der Waals surface area contributed by atoms with Crippen molar-refractivity contribution in [3.05, 3.63) is 70.7 Å². The minimum absolute atomic E-state index is 0.111. The SMILES string of the molecule is C[C@H](NC(=O)CNC(=O)c1ccccc1)C(=O)NCC(=O)C(=O)NCc1cccc(Cl)c1. The minimum Gasteiger partial charge on any atom is -0.347 e. The maximum absolute atomic E-state index is 12.1. The number of halogens is 1. The molecule has 4 amide bonds. The highest BCUT2D eigenvalue weighted by atomic mass is 35.5. The smallest absolute Gasteiger partial charge is 0.289 e. The summed E-state index contributed by atoms with van der Waals surface area (Å²) in [7, 11) is 0. The molecule has 0 bridgehead atoms. The zero-order chi connectivity index (χ0) is 23.5. The highest BCUT2D eigenvalue weighted by Crippen LogP contribution is 2.10. The maximum atomic E-state index is 12.1. The van der Waals surface area contributed by atoms with E-state index in [9.17, 15) is 24.0 Å². The molecule has 0 aliphatic carbocycles. The molecule has 0 radical (unpaired) electrons. The van der Waals surface area contributed by atoms with Crippen LogP contribution in [0.3, 0.4) is 0 Å². The third kappa shape index (κ3) is 8.19. The predicted molar refractivity (Wildman–Crippen MR) is 118 cm³/mol. The van der Waals surface area contributed by atoms with Crippen LogP contribution in [0.4, 0.5) is 0 Å². The van der Waals surface area contributed by atoms with Crippen LogP contribution in [0.5, 0.6) is 0 Å². The Hall–Kier alpha value is -3.72. The lowest BCUT2D eigenvalue weighted by molar-refractivity contribution is -0.138. The number of ketones is 1. The van der Waals surface area contributed by atoms with E-state index in [2.05, 4.69) is 21.3 Å². The predicted octanol–water partition coefficient (Wildman–Crippen LogP) is 0.576. The van der Waals surface area contributed by atoms with Crippen LogP contribution in [0.25, 0.3) is 0 Å². The van der Waals surface area contributed by atoms with Crippen molar-refractivity contribution in [1.82, 2.24) is 21.3 Å². The Morgan fingerprint density at radius 3 is 2.28 bits per heavy atom. The molecule has 0 aromatic heterocycles. The van der Waals surface area contributed by atoms with E-state index in [1.54, 1.807) is 54.6 Å². The molecule has 0 saturated heterocycles. The molecule has 0 aliphatic heterocycles. The van der Waals surface area contributed by atoms with Gasteiger partial charge in [0.05, 0.1) is 13.1 Å². The van der Waals surface area contributed by atoms with Crippen molar-refractivity contribution in [3.8, 4) is 0 Å². The molecular weight excluding hydrogens is 436 g/mol. The van der Waals surface area contributed by atoms with Crippen LogP contribution in [0.2, 0.25) is 5.02 Å². The first-order valence-corrected chi connectivity index (χ1v) is 10.1. The normalized spacial score (nSPS) is 11.1. The van der Waals surface area contributed by atoms with Gasteiger partial charge in [-0.1, -0.05) is 41.9 Å². The third-order valence-electron chi connectivity index (χ3n) is 4.23. The second-order valence-corrected chi connectivity index (χ2v) is 7.23. The lowest BCUT2D eigenvalue weighted by Crippen LogP contribution is -2.49. The molecule has 0 unspecified atom stereocenters. The number of rotatable bonds is 10. The molecule has 0 fully saturated rings. The molecule has 2 aromatic carbocycles. The Labute approximate surface area is 189 Å². The van der Waals surface area contributed by atoms with Gasteiger partial charge in [-0.3, -0.25) is 24.0 Å². The van der Waals surface area contributed by atoms with Gasteiger partial charge >= 0.3 is 0 Å². The maximum Gasteiger partial charge on any atom is 0.289 e. The molecular formula is C22H23ClN4O5. The summed E-state index contributed by atoms with van der Waals surface area (Å²) in [5.41, 5.74) is 1.12. The van der Waals surface area contributed by atoms with E-state index in [-0.39, 0.29) is 13.1 Å². The fourth-order valence-corrected chi connectivity index (χ4v) is 2.75. The lowest BCUT2D eigenvalue weighted by atomic mass is 10.2. The van der Waals surface area contributed by atoms with E-state index in [0.717, 1.165) is 5.56 Å². The number of Topliss-reactive ketones (excluding diaryl/α,β-unsaturated/α-hetero) is 1. The van der Waals surface area contributed by atoms with Gasteiger partial charge in [-0.05, 0) is 36.8 Å². The Bertz CT molecular complexity index is 997. The van der Waals surface area contributed by atoms with Gasteiger partial charge in [0, 0.05) is 17.1 Å². The molecule has 0 spiro atoms. The van der Waals surface area contributed by atoms with Crippen molar-refractivity contribution in [2.24, 2.45) is 0 Å². The number of hydrogen-bond acceptors (Lipinski definition) is 5. The van der Waals surface area contributed by atoms with E-state index in [0.29, 0.717) is 10.6 Å². The first-order valence-electron chi connectivity index (χ1n) is 9.72. The number of nitrogens with one attached hydrogen (secondary N) is 4. The molecule has 4 N–H and O–H groups in total. The summed E-state index contributed by atoms with van der Waals surface area (Å²) in [6, 6.07) is 14.2. The first kappa shape index (κ1) is 24.5. The zero-order valence-electron chi connectivity index (χ0n) is 17.3. The fourth-order valence-electron chi connectivity index (χ4n) is 2.54. The van der Waals surface area contributed by atoms with Crippen LogP contribution in [-0.4, -0.2) is 48.5 Å². The van der Waals surface area contributed by atoms with Crippen molar-refractivity contribution in [2.45, 2.75) is 19.5 Å². The summed E-state index contributed by atoms with van der Waals surface area (Å²) in [6.07, 6.45) is 0. The highest BCUT2D eigenvalue weighted by molar-refractivity contribution is 6.37. The summed E-state index contributed by atoms with van der Waals surface area (Å²) in [5, 5.41) is 10.1. The Balaban J connectivity index is 1.68. The van der Waals surface area contributed by atoms with Gasteiger partial charge in [0.25, 0.3) is 11.8 Å². The standard InChI is InChI=1S/C22H23ClN4O5/c1-14(27-19(29)13-26-21(31)16-7-3-2-4-8-16)20(30)25-12-18(28)22(32)24-11-15-6-5-9-17(23)10-15/h2-10,14H,11-13H2,1H3,(H,24,32)(H,25,30)(H,26,31)(H,27,29)/t14-/m0/s1. The molecule has 1 atom stereocenters. The van der Waals surface area contributed by atoms with E-state index in [1.807, 2.05) is 0 Å². The van der Waals surface area contributed by atoms with Crippen molar-refractivity contribution >= 4 is 41.0 Å².